The van der Waals surface area contributed by atoms with Crippen LogP contribution in [-0.2, 0) is 29.9 Å². The summed E-state index contributed by atoms with van der Waals surface area (Å²) in [6.45, 7) is 7.17. The highest BCUT2D eigenvalue weighted by Gasteiger charge is 2.64. The minimum atomic E-state index is -1.60. The van der Waals surface area contributed by atoms with E-state index in [1.165, 1.54) is 0 Å². The fourth-order valence-electron chi connectivity index (χ4n) is 5.02. The van der Waals surface area contributed by atoms with Crippen molar-refractivity contribution >= 4 is 33.9 Å². The lowest BCUT2D eigenvalue weighted by Gasteiger charge is -2.30. The van der Waals surface area contributed by atoms with Crippen LogP contribution in [0.5, 0.6) is 11.5 Å². The van der Waals surface area contributed by atoms with E-state index in [4.69, 9.17) is 9.47 Å². The van der Waals surface area contributed by atoms with Crippen molar-refractivity contribution in [1.82, 2.24) is 0 Å². The van der Waals surface area contributed by atoms with Gasteiger partial charge in [0.25, 0.3) is 0 Å². The average molecular weight is 485 g/mol. The van der Waals surface area contributed by atoms with Gasteiger partial charge in [-0.05, 0) is 85.4 Å². The molecule has 1 fully saturated rings. The molecule has 1 saturated heterocycles. The van der Waals surface area contributed by atoms with Crippen molar-refractivity contribution in [3.05, 3.63) is 58.7 Å². The zero-order valence-corrected chi connectivity index (χ0v) is 20.3. The molecule has 180 valence electrons. The Kier molecular flexibility index (Phi) is 6.53. The summed E-state index contributed by atoms with van der Waals surface area (Å²) < 4.78 is 24.5. The van der Waals surface area contributed by atoms with Crippen LogP contribution in [0.4, 0.5) is 0 Å². The summed E-state index contributed by atoms with van der Waals surface area (Å²) in [6, 6.07) is 10.2. The number of carbonyl (C=O) groups is 2. The number of ether oxygens (including phenoxy) is 2. The van der Waals surface area contributed by atoms with E-state index in [1.807, 2.05) is 0 Å². The summed E-state index contributed by atoms with van der Waals surface area (Å²) in [5.41, 5.74) is 4.08. The largest absolute Gasteiger partial charge is 0.508 e. The summed E-state index contributed by atoms with van der Waals surface area (Å²) in [5.74, 6) is -2.79. The van der Waals surface area contributed by atoms with Crippen molar-refractivity contribution in [2.45, 2.75) is 38.2 Å². The molecule has 7 nitrogen and oxygen atoms in total. The first-order chi connectivity index (χ1) is 16.2. The van der Waals surface area contributed by atoms with Crippen LogP contribution in [0.3, 0.4) is 0 Å². The van der Waals surface area contributed by atoms with Gasteiger partial charge in [0, 0.05) is 10.8 Å². The number of rotatable bonds is 6. The molecule has 4 rings (SSSR count). The Bertz CT molecular complexity index is 1120. The minimum Gasteiger partial charge on any atom is -0.508 e. The molecule has 2 aliphatic heterocycles. The predicted molar refractivity (Wildman–Crippen MR) is 128 cm³/mol. The number of esters is 2. The second-order valence-electron chi connectivity index (χ2n) is 8.56. The molecule has 0 aliphatic carbocycles. The molecule has 2 bridgehead atoms. The highest BCUT2D eigenvalue weighted by atomic mass is 32.2. The molecule has 0 radical (unpaired) electrons. The first-order valence-electron chi connectivity index (χ1n) is 11.3. The van der Waals surface area contributed by atoms with Gasteiger partial charge in [0.15, 0.2) is 0 Å². The summed E-state index contributed by atoms with van der Waals surface area (Å²) in [6.07, 6.45) is 0. The second-order valence-corrected chi connectivity index (χ2v) is 10.2. The van der Waals surface area contributed by atoms with Crippen LogP contribution in [0.25, 0.3) is 11.1 Å². The van der Waals surface area contributed by atoms with Gasteiger partial charge in [-0.25, -0.2) is 0 Å². The van der Waals surface area contributed by atoms with Crippen molar-refractivity contribution < 1.29 is 33.5 Å². The van der Waals surface area contributed by atoms with Gasteiger partial charge in [-0.2, -0.15) is 0 Å². The van der Waals surface area contributed by atoms with Gasteiger partial charge in [0.1, 0.15) is 11.5 Å². The molecule has 5 atom stereocenters. The van der Waals surface area contributed by atoms with E-state index in [2.05, 4.69) is 0 Å². The fourth-order valence-corrected chi connectivity index (χ4v) is 7.47. The van der Waals surface area contributed by atoms with Gasteiger partial charge in [0.05, 0.1) is 35.5 Å². The molecule has 34 heavy (non-hydrogen) atoms. The summed E-state index contributed by atoms with van der Waals surface area (Å²) in [4.78, 5) is 26.2. The third kappa shape index (κ3) is 3.79. The molecular formula is C26H28O7S. The quantitative estimate of drug-likeness (QED) is 0.604. The number of phenols is 2. The molecule has 0 amide bonds. The molecule has 8 heteroatoms. The van der Waals surface area contributed by atoms with Crippen LogP contribution in [0.15, 0.2) is 36.4 Å². The van der Waals surface area contributed by atoms with E-state index in [9.17, 15) is 24.0 Å². The van der Waals surface area contributed by atoms with E-state index in [0.717, 1.165) is 0 Å². The van der Waals surface area contributed by atoms with Gasteiger partial charge in [-0.1, -0.05) is 12.1 Å². The van der Waals surface area contributed by atoms with Crippen molar-refractivity contribution in [1.29, 1.82) is 0 Å². The maximum Gasteiger partial charge on any atom is 0.311 e. The van der Waals surface area contributed by atoms with Gasteiger partial charge in [-0.15, -0.1) is 0 Å². The molecule has 1 unspecified atom stereocenters. The summed E-state index contributed by atoms with van der Waals surface area (Å²) >= 11 is 0. The SMILES string of the molecule is CCOC(=O)[C@@H]1[C@H](C(=O)OCC)[C@@H]2C(c3ccc(O)c(C)c3)=C(c3ccc(O)c(C)c3)[C@H]1S2=O. The Morgan fingerprint density at radius 1 is 0.794 bits per heavy atom. The van der Waals surface area contributed by atoms with E-state index in [1.54, 1.807) is 64.1 Å². The molecule has 2 heterocycles. The highest BCUT2D eigenvalue weighted by Crippen LogP contribution is 2.57. The van der Waals surface area contributed by atoms with Crippen molar-refractivity contribution in [2.24, 2.45) is 11.8 Å². The molecule has 2 aromatic rings. The Morgan fingerprint density at radius 3 is 1.50 bits per heavy atom. The third-order valence-corrected chi connectivity index (χ3v) is 8.59. The number of phenolic OH excluding ortho intramolecular Hbond substituents is 2. The van der Waals surface area contributed by atoms with Crippen LogP contribution in [-0.4, -0.2) is 50.1 Å². The van der Waals surface area contributed by atoms with Crippen molar-refractivity contribution in [2.75, 3.05) is 13.2 Å². The first-order valence-corrected chi connectivity index (χ1v) is 12.6. The molecular weight excluding hydrogens is 456 g/mol. The van der Waals surface area contributed by atoms with Crippen LogP contribution in [0.2, 0.25) is 0 Å². The number of hydrogen-bond acceptors (Lipinski definition) is 7. The summed E-state index contributed by atoms with van der Waals surface area (Å²) in [7, 11) is -1.60. The molecule has 2 aromatic carbocycles. The number of carbonyl (C=O) groups excluding carboxylic acids is 2. The number of hydrogen-bond donors (Lipinski definition) is 2. The van der Waals surface area contributed by atoms with Crippen molar-refractivity contribution in [3.63, 3.8) is 0 Å². The van der Waals surface area contributed by atoms with Crippen LogP contribution in [0.1, 0.15) is 36.1 Å². The molecule has 0 spiro atoms. The normalized spacial score (nSPS) is 25.5. The average Bonchev–Trinajstić information content (AvgIpc) is 3.25. The Hall–Kier alpha value is -3.13. The Morgan fingerprint density at radius 2 is 1.18 bits per heavy atom. The number of benzene rings is 2. The van der Waals surface area contributed by atoms with Gasteiger partial charge >= 0.3 is 11.9 Å². The van der Waals surface area contributed by atoms with E-state index < -0.39 is 45.1 Å². The molecule has 0 saturated carbocycles. The third-order valence-electron chi connectivity index (χ3n) is 6.53. The fraction of sp³-hybridized carbons (Fsp3) is 0.385. The number of aryl methyl sites for hydroxylation is 2. The topological polar surface area (TPSA) is 110 Å². The highest BCUT2D eigenvalue weighted by molar-refractivity contribution is 7.88. The molecule has 2 aliphatic rings. The van der Waals surface area contributed by atoms with Crippen LogP contribution < -0.4 is 0 Å². The smallest absolute Gasteiger partial charge is 0.311 e. The lowest BCUT2D eigenvalue weighted by Crippen LogP contribution is -2.40. The predicted octanol–water partition coefficient (Wildman–Crippen LogP) is 3.50. The van der Waals surface area contributed by atoms with Crippen LogP contribution in [0, 0.1) is 25.7 Å². The zero-order valence-electron chi connectivity index (χ0n) is 19.5. The minimum absolute atomic E-state index is 0.127. The first kappa shape index (κ1) is 24.0. The lowest BCUT2D eigenvalue weighted by molar-refractivity contribution is -0.159. The number of fused-ring (bicyclic) bond motifs is 2. The monoisotopic (exact) mass is 484 g/mol. The Labute approximate surface area is 200 Å². The second kappa shape index (κ2) is 9.25. The molecule has 2 N–H and O–H groups in total. The van der Waals surface area contributed by atoms with E-state index in [0.29, 0.717) is 33.4 Å². The lowest BCUT2D eigenvalue weighted by atomic mass is 9.72. The van der Waals surface area contributed by atoms with E-state index >= 15 is 0 Å². The maximum atomic E-state index is 13.8. The summed E-state index contributed by atoms with van der Waals surface area (Å²) in [5, 5.41) is 18.6. The van der Waals surface area contributed by atoms with E-state index in [-0.39, 0.29) is 24.7 Å². The van der Waals surface area contributed by atoms with Crippen molar-refractivity contribution in [3.8, 4) is 11.5 Å². The van der Waals surface area contributed by atoms with Gasteiger partial charge in [-0.3, -0.25) is 13.8 Å². The zero-order chi connectivity index (χ0) is 24.7. The van der Waals surface area contributed by atoms with Crippen LogP contribution >= 0.6 is 0 Å². The van der Waals surface area contributed by atoms with Gasteiger partial charge in [0.2, 0.25) is 0 Å². The Balaban J connectivity index is 2.00. The maximum absolute atomic E-state index is 13.8. The van der Waals surface area contributed by atoms with Gasteiger partial charge < -0.3 is 19.7 Å². The molecule has 0 aromatic heterocycles. The standard InChI is InChI=1S/C26H28O7S/c1-5-32-25(29)21-22(26(30)33-6-2)24-20(16-8-10-18(28)14(4)12-16)19(23(21)34(24)31)15-7-9-17(27)13(3)11-15/h7-12,21-24,27-28H,5-6H2,1-4H3/t21-,22+,23-,24+,34?. The number of aromatic hydroxyl groups is 2.